The number of aromatic nitrogens is 1. The van der Waals surface area contributed by atoms with Gasteiger partial charge < -0.3 is 20.1 Å². The number of hydrogen-bond donors (Lipinski definition) is 2. The maximum Gasteiger partial charge on any atom is 0.270 e. The maximum absolute atomic E-state index is 12.9. The van der Waals surface area contributed by atoms with Crippen LogP contribution in [0.25, 0.3) is 10.9 Å². The van der Waals surface area contributed by atoms with Crippen LogP contribution < -0.4 is 5.32 Å². The Bertz CT molecular complexity index is 846. The summed E-state index contributed by atoms with van der Waals surface area (Å²) in [6, 6.07) is 9.89. The Morgan fingerprint density at radius 2 is 1.84 bits per heavy atom. The van der Waals surface area contributed by atoms with Crippen LogP contribution in [0, 0.1) is 11.8 Å². The van der Waals surface area contributed by atoms with Gasteiger partial charge in [0, 0.05) is 36.5 Å². The number of amides is 2. The fraction of sp³-hybridized carbons (Fsp3) is 0.600. The molecule has 2 amide bonds. The van der Waals surface area contributed by atoms with Gasteiger partial charge in [-0.2, -0.15) is 0 Å². The number of para-hydroxylation sites is 1. The lowest BCUT2D eigenvalue weighted by atomic mass is 9.84. The molecule has 2 aromatic rings. The smallest absolute Gasteiger partial charge is 0.270 e. The molecule has 1 unspecified atom stereocenters. The molecule has 2 saturated heterocycles. The third-order valence-corrected chi connectivity index (χ3v) is 7.11. The minimum Gasteiger partial charge on any atom is -0.356 e. The van der Waals surface area contributed by atoms with Crippen LogP contribution in [0.1, 0.15) is 55.9 Å². The molecule has 1 aromatic heterocycles. The fourth-order valence-electron chi connectivity index (χ4n) is 5.03. The van der Waals surface area contributed by atoms with E-state index in [9.17, 15) is 9.59 Å². The highest BCUT2D eigenvalue weighted by Crippen LogP contribution is 2.26. The van der Waals surface area contributed by atoms with Crippen molar-refractivity contribution in [1.82, 2.24) is 20.1 Å². The second-order valence-electron chi connectivity index (χ2n) is 9.24. The van der Waals surface area contributed by atoms with E-state index >= 15 is 0 Å². The molecule has 6 nitrogen and oxygen atoms in total. The first-order valence-corrected chi connectivity index (χ1v) is 12.0. The number of likely N-dealkylation sites (tertiary alicyclic amines) is 2. The minimum absolute atomic E-state index is 0.000291. The highest BCUT2D eigenvalue weighted by atomic mass is 16.2. The highest BCUT2D eigenvalue weighted by molar-refractivity contribution is 5.98. The summed E-state index contributed by atoms with van der Waals surface area (Å²) in [5.74, 6) is 0.567. The van der Waals surface area contributed by atoms with E-state index in [1.165, 1.54) is 32.4 Å². The number of H-pyrrole nitrogens is 1. The van der Waals surface area contributed by atoms with Gasteiger partial charge in [-0.25, -0.2) is 0 Å². The van der Waals surface area contributed by atoms with Gasteiger partial charge in [0.05, 0.1) is 0 Å². The second kappa shape index (κ2) is 10.3. The summed E-state index contributed by atoms with van der Waals surface area (Å²) in [4.78, 5) is 33.2. The third kappa shape index (κ3) is 5.48. The quantitative estimate of drug-likeness (QED) is 0.667. The highest BCUT2D eigenvalue weighted by Gasteiger charge is 2.30. The van der Waals surface area contributed by atoms with Gasteiger partial charge in [0.1, 0.15) is 5.69 Å². The van der Waals surface area contributed by atoms with E-state index in [0.717, 1.165) is 43.3 Å². The zero-order valence-corrected chi connectivity index (χ0v) is 18.7. The Kier molecular flexibility index (Phi) is 7.28. The minimum atomic E-state index is 0.000291. The molecule has 4 rings (SSSR count). The number of nitrogens with zero attached hydrogens (tertiary/aromatic N) is 2. The lowest BCUT2D eigenvalue weighted by molar-refractivity contribution is -0.126. The van der Waals surface area contributed by atoms with Crippen molar-refractivity contribution in [3.63, 3.8) is 0 Å². The molecule has 3 heterocycles. The first-order chi connectivity index (χ1) is 15.1. The normalized spacial score (nSPS) is 19.5. The number of rotatable bonds is 7. The van der Waals surface area contributed by atoms with Crippen LogP contribution >= 0.6 is 0 Å². The number of piperidine rings is 2. The summed E-state index contributed by atoms with van der Waals surface area (Å²) in [5.41, 5.74) is 1.64. The number of carbonyl (C=O) groups is 2. The Labute approximate surface area is 185 Å². The number of fused-ring (bicyclic) bond motifs is 1. The van der Waals surface area contributed by atoms with Gasteiger partial charge in [-0.3, -0.25) is 9.59 Å². The summed E-state index contributed by atoms with van der Waals surface area (Å²) in [7, 11) is 0. The van der Waals surface area contributed by atoms with Crippen molar-refractivity contribution in [1.29, 1.82) is 0 Å². The molecule has 0 radical (unpaired) electrons. The van der Waals surface area contributed by atoms with E-state index in [1.54, 1.807) is 0 Å². The van der Waals surface area contributed by atoms with Gasteiger partial charge >= 0.3 is 0 Å². The average molecular weight is 425 g/mol. The summed E-state index contributed by atoms with van der Waals surface area (Å²) in [5, 5.41) is 4.20. The largest absolute Gasteiger partial charge is 0.356 e. The molecule has 2 fully saturated rings. The van der Waals surface area contributed by atoms with Gasteiger partial charge in [0.15, 0.2) is 0 Å². The zero-order valence-electron chi connectivity index (χ0n) is 18.7. The van der Waals surface area contributed by atoms with Crippen LogP contribution in [0.5, 0.6) is 0 Å². The van der Waals surface area contributed by atoms with E-state index in [1.807, 2.05) is 42.2 Å². The standard InChI is InChI=1S/C25H36N4O2/c1-19(24(30)26-12-7-15-28-13-5-2-6-14-28)20-10-16-29(17-11-20)25(31)23-18-21-8-3-4-9-22(21)27-23/h3-4,8-9,18-20,27H,2,5-7,10-17H2,1H3,(H,26,30). The Hall–Kier alpha value is -2.34. The lowest BCUT2D eigenvalue weighted by Gasteiger charge is -2.34. The molecule has 2 aliphatic heterocycles. The van der Waals surface area contributed by atoms with Crippen LogP contribution in [0.15, 0.2) is 30.3 Å². The van der Waals surface area contributed by atoms with Crippen molar-refractivity contribution < 1.29 is 9.59 Å². The molecule has 2 aliphatic rings. The first kappa shape index (κ1) is 21.9. The molecule has 6 heteroatoms. The molecule has 0 bridgehead atoms. The summed E-state index contributed by atoms with van der Waals surface area (Å²) >= 11 is 0. The maximum atomic E-state index is 12.9. The number of aromatic amines is 1. The van der Waals surface area contributed by atoms with Crippen LogP contribution in [0.2, 0.25) is 0 Å². The van der Waals surface area contributed by atoms with E-state index in [-0.39, 0.29) is 17.7 Å². The monoisotopic (exact) mass is 424 g/mol. The Morgan fingerprint density at radius 3 is 2.58 bits per heavy atom. The fourth-order valence-corrected chi connectivity index (χ4v) is 5.03. The molecule has 1 aromatic carbocycles. The van der Waals surface area contributed by atoms with Crippen molar-refractivity contribution in [3.05, 3.63) is 36.0 Å². The van der Waals surface area contributed by atoms with Crippen LogP contribution in [0.4, 0.5) is 0 Å². The topological polar surface area (TPSA) is 68.4 Å². The number of hydrogen-bond acceptors (Lipinski definition) is 3. The van der Waals surface area contributed by atoms with Crippen LogP contribution in [-0.2, 0) is 4.79 Å². The summed E-state index contributed by atoms with van der Waals surface area (Å²) in [6.45, 7) is 7.73. The predicted molar refractivity (Wildman–Crippen MR) is 124 cm³/mol. The van der Waals surface area contributed by atoms with Crippen molar-refractivity contribution in [2.45, 2.75) is 45.4 Å². The molecular formula is C25H36N4O2. The van der Waals surface area contributed by atoms with Gasteiger partial charge in [-0.15, -0.1) is 0 Å². The first-order valence-electron chi connectivity index (χ1n) is 12.0. The molecule has 0 saturated carbocycles. The SMILES string of the molecule is CC(C(=O)NCCCN1CCCCC1)C1CCN(C(=O)c2cc3ccccc3[nH]2)CC1. The van der Waals surface area contributed by atoms with Gasteiger partial charge in [0.25, 0.3) is 5.91 Å². The summed E-state index contributed by atoms with van der Waals surface area (Å²) < 4.78 is 0. The lowest BCUT2D eigenvalue weighted by Crippen LogP contribution is -2.43. The molecule has 0 aliphatic carbocycles. The molecular weight excluding hydrogens is 388 g/mol. The van der Waals surface area contributed by atoms with E-state index < -0.39 is 0 Å². The van der Waals surface area contributed by atoms with Crippen molar-refractivity contribution in [2.24, 2.45) is 11.8 Å². The number of benzene rings is 1. The van der Waals surface area contributed by atoms with Gasteiger partial charge in [-0.05, 0) is 69.8 Å². The number of carbonyl (C=O) groups excluding carboxylic acids is 2. The van der Waals surface area contributed by atoms with E-state index in [2.05, 4.69) is 15.2 Å². The Morgan fingerprint density at radius 1 is 1.10 bits per heavy atom. The second-order valence-corrected chi connectivity index (χ2v) is 9.24. The van der Waals surface area contributed by atoms with Crippen LogP contribution in [0.3, 0.4) is 0 Å². The van der Waals surface area contributed by atoms with Crippen molar-refractivity contribution >= 4 is 22.7 Å². The molecule has 168 valence electrons. The number of nitrogens with one attached hydrogen (secondary N) is 2. The van der Waals surface area contributed by atoms with E-state index in [4.69, 9.17) is 0 Å². The molecule has 1 atom stereocenters. The van der Waals surface area contributed by atoms with Crippen molar-refractivity contribution in [3.8, 4) is 0 Å². The van der Waals surface area contributed by atoms with Gasteiger partial charge in [0.2, 0.25) is 5.91 Å². The molecule has 0 spiro atoms. The molecule has 2 N–H and O–H groups in total. The summed E-state index contributed by atoms with van der Waals surface area (Å²) in [6.07, 6.45) is 6.77. The van der Waals surface area contributed by atoms with Crippen LogP contribution in [-0.4, -0.2) is 65.9 Å². The van der Waals surface area contributed by atoms with Crippen molar-refractivity contribution in [2.75, 3.05) is 39.3 Å². The van der Waals surface area contributed by atoms with E-state index in [0.29, 0.717) is 24.7 Å². The molecule has 31 heavy (non-hydrogen) atoms. The Balaban J connectivity index is 1.19. The predicted octanol–water partition coefficient (Wildman–Crippen LogP) is 3.65. The zero-order chi connectivity index (χ0) is 21.6. The average Bonchev–Trinajstić information content (AvgIpc) is 3.26. The third-order valence-electron chi connectivity index (χ3n) is 7.11. The van der Waals surface area contributed by atoms with Gasteiger partial charge in [-0.1, -0.05) is 31.5 Å².